The van der Waals surface area contributed by atoms with Crippen molar-refractivity contribution in [2.24, 2.45) is 5.92 Å². The second kappa shape index (κ2) is 6.38. The molecule has 2 rings (SSSR count). The van der Waals surface area contributed by atoms with Gasteiger partial charge >= 0.3 is 0 Å². The average molecular weight is 325 g/mol. The molecule has 1 fully saturated rings. The summed E-state index contributed by atoms with van der Waals surface area (Å²) in [4.78, 5) is 1.97. The molecule has 0 unspecified atom stereocenters. The number of halogens is 2. The summed E-state index contributed by atoms with van der Waals surface area (Å²) in [6.45, 7) is 0.884. The maximum absolute atomic E-state index is 14.2. The van der Waals surface area contributed by atoms with Crippen LogP contribution in [0.2, 0.25) is 0 Å². The Morgan fingerprint density at radius 3 is 2.68 bits per heavy atom. The third-order valence-corrected chi connectivity index (χ3v) is 4.63. The molecular formula is C15H18BrFN2. The molecule has 102 valence electrons. The van der Waals surface area contributed by atoms with Crippen molar-refractivity contribution in [3.05, 3.63) is 28.0 Å². The van der Waals surface area contributed by atoms with E-state index in [0.717, 1.165) is 6.54 Å². The molecule has 0 spiro atoms. The van der Waals surface area contributed by atoms with Gasteiger partial charge in [0.1, 0.15) is 6.07 Å². The van der Waals surface area contributed by atoms with Gasteiger partial charge in [0, 0.05) is 13.6 Å². The smallest absolute Gasteiger partial charge is 0.161 e. The van der Waals surface area contributed by atoms with Crippen molar-refractivity contribution >= 4 is 21.6 Å². The number of rotatable bonds is 3. The van der Waals surface area contributed by atoms with E-state index in [-0.39, 0.29) is 10.3 Å². The van der Waals surface area contributed by atoms with Gasteiger partial charge in [-0.2, -0.15) is 5.26 Å². The minimum Gasteiger partial charge on any atom is -0.372 e. The van der Waals surface area contributed by atoms with Crippen LogP contribution in [-0.2, 0) is 0 Å². The molecule has 19 heavy (non-hydrogen) atoms. The summed E-state index contributed by atoms with van der Waals surface area (Å²) in [6, 6.07) is 5.34. The first kappa shape index (κ1) is 14.3. The third kappa shape index (κ3) is 3.27. The lowest BCUT2D eigenvalue weighted by Crippen LogP contribution is -2.27. The SMILES string of the molecule is CN(CC1CCCCC1)c1ccc(C#N)c(Br)c1F. The van der Waals surface area contributed by atoms with Gasteiger partial charge in [0.05, 0.1) is 15.7 Å². The van der Waals surface area contributed by atoms with Gasteiger partial charge in [-0.15, -0.1) is 0 Å². The second-order valence-corrected chi connectivity index (χ2v) is 6.05. The summed E-state index contributed by atoms with van der Waals surface area (Å²) in [7, 11) is 1.92. The van der Waals surface area contributed by atoms with Gasteiger partial charge in [-0.3, -0.25) is 0 Å². The van der Waals surface area contributed by atoms with Crippen LogP contribution in [0.25, 0.3) is 0 Å². The first-order chi connectivity index (χ1) is 9.13. The lowest BCUT2D eigenvalue weighted by molar-refractivity contribution is 0.361. The van der Waals surface area contributed by atoms with E-state index in [0.29, 0.717) is 17.2 Å². The monoisotopic (exact) mass is 324 g/mol. The Balaban J connectivity index is 2.12. The molecule has 0 radical (unpaired) electrons. The zero-order valence-corrected chi connectivity index (χ0v) is 12.7. The largest absolute Gasteiger partial charge is 0.372 e. The number of nitriles is 1. The zero-order chi connectivity index (χ0) is 13.8. The van der Waals surface area contributed by atoms with E-state index in [4.69, 9.17) is 5.26 Å². The highest BCUT2D eigenvalue weighted by Gasteiger charge is 2.19. The van der Waals surface area contributed by atoms with Crippen LogP contribution in [0, 0.1) is 23.1 Å². The molecule has 0 heterocycles. The standard InChI is InChI=1S/C15H18BrFN2/c1-19(10-11-5-3-2-4-6-11)13-8-7-12(9-18)14(16)15(13)17/h7-8,11H,2-6,10H2,1H3. The predicted molar refractivity (Wildman–Crippen MR) is 78.7 cm³/mol. The van der Waals surface area contributed by atoms with Crippen LogP contribution in [-0.4, -0.2) is 13.6 Å². The minimum atomic E-state index is -0.336. The van der Waals surface area contributed by atoms with Gasteiger partial charge in [0.15, 0.2) is 5.82 Å². The van der Waals surface area contributed by atoms with E-state index in [1.807, 2.05) is 18.0 Å². The normalized spacial score (nSPS) is 16.1. The zero-order valence-electron chi connectivity index (χ0n) is 11.1. The molecule has 0 N–H and O–H groups in total. The highest BCUT2D eigenvalue weighted by Crippen LogP contribution is 2.31. The van der Waals surface area contributed by atoms with Gasteiger partial charge < -0.3 is 4.90 Å². The van der Waals surface area contributed by atoms with E-state index >= 15 is 0 Å². The van der Waals surface area contributed by atoms with Crippen molar-refractivity contribution in [1.29, 1.82) is 5.26 Å². The first-order valence-electron chi connectivity index (χ1n) is 6.72. The molecule has 0 amide bonds. The summed E-state index contributed by atoms with van der Waals surface area (Å²) in [5.74, 6) is 0.324. The summed E-state index contributed by atoms with van der Waals surface area (Å²) in [5, 5.41) is 8.87. The summed E-state index contributed by atoms with van der Waals surface area (Å²) in [6.07, 6.45) is 6.39. The highest BCUT2D eigenvalue weighted by atomic mass is 79.9. The van der Waals surface area contributed by atoms with Crippen LogP contribution < -0.4 is 4.90 Å². The fraction of sp³-hybridized carbons (Fsp3) is 0.533. The maximum atomic E-state index is 14.2. The van der Waals surface area contributed by atoms with Gasteiger partial charge in [0.25, 0.3) is 0 Å². The van der Waals surface area contributed by atoms with Crippen LogP contribution >= 0.6 is 15.9 Å². The lowest BCUT2D eigenvalue weighted by Gasteiger charge is -2.28. The van der Waals surface area contributed by atoms with Gasteiger partial charge in [-0.05, 0) is 46.8 Å². The fourth-order valence-electron chi connectivity index (χ4n) is 2.78. The second-order valence-electron chi connectivity index (χ2n) is 5.26. The summed E-state index contributed by atoms with van der Waals surface area (Å²) < 4.78 is 14.5. The van der Waals surface area contributed by atoms with Crippen LogP contribution in [0.15, 0.2) is 16.6 Å². The van der Waals surface area contributed by atoms with E-state index in [9.17, 15) is 4.39 Å². The number of anilines is 1. The van der Waals surface area contributed by atoms with Crippen molar-refractivity contribution in [3.8, 4) is 6.07 Å². The molecule has 0 atom stereocenters. The Labute approximate surface area is 122 Å². The Bertz CT molecular complexity index is 490. The Morgan fingerprint density at radius 1 is 1.37 bits per heavy atom. The number of hydrogen-bond donors (Lipinski definition) is 0. The predicted octanol–water partition coefficient (Wildman–Crippen LogP) is 4.48. The molecule has 1 aromatic rings. The van der Waals surface area contributed by atoms with Crippen molar-refractivity contribution in [3.63, 3.8) is 0 Å². The maximum Gasteiger partial charge on any atom is 0.161 e. The van der Waals surface area contributed by atoms with Crippen molar-refractivity contribution in [2.75, 3.05) is 18.5 Å². The highest BCUT2D eigenvalue weighted by molar-refractivity contribution is 9.10. The van der Waals surface area contributed by atoms with Crippen molar-refractivity contribution < 1.29 is 4.39 Å². The van der Waals surface area contributed by atoms with Crippen LogP contribution in [0.3, 0.4) is 0 Å². The first-order valence-corrected chi connectivity index (χ1v) is 7.52. The van der Waals surface area contributed by atoms with Crippen LogP contribution in [0.1, 0.15) is 37.7 Å². The summed E-state index contributed by atoms with van der Waals surface area (Å²) in [5.41, 5.74) is 0.906. The molecule has 1 saturated carbocycles. The van der Waals surface area contributed by atoms with Crippen molar-refractivity contribution in [2.45, 2.75) is 32.1 Å². The molecule has 2 nitrogen and oxygen atoms in total. The minimum absolute atomic E-state index is 0.267. The molecule has 4 heteroatoms. The summed E-state index contributed by atoms with van der Waals surface area (Å²) >= 11 is 3.16. The molecule has 1 aliphatic rings. The van der Waals surface area contributed by atoms with E-state index in [1.54, 1.807) is 12.1 Å². The average Bonchev–Trinajstić information content (AvgIpc) is 2.42. The Hall–Kier alpha value is -1.08. The quantitative estimate of drug-likeness (QED) is 0.819. The Kier molecular flexibility index (Phi) is 4.81. The molecule has 1 aromatic carbocycles. The molecule has 0 aliphatic heterocycles. The van der Waals surface area contributed by atoms with E-state index < -0.39 is 0 Å². The topological polar surface area (TPSA) is 27.0 Å². The number of nitrogens with zero attached hydrogens (tertiary/aromatic N) is 2. The van der Waals surface area contributed by atoms with Gasteiger partial charge in [0.2, 0.25) is 0 Å². The molecule has 0 aromatic heterocycles. The van der Waals surface area contributed by atoms with Crippen LogP contribution in [0.4, 0.5) is 10.1 Å². The fourth-order valence-corrected chi connectivity index (χ4v) is 3.20. The van der Waals surface area contributed by atoms with Crippen LogP contribution in [0.5, 0.6) is 0 Å². The number of benzene rings is 1. The molecule has 0 saturated heterocycles. The third-order valence-electron chi connectivity index (χ3n) is 3.85. The molecule has 1 aliphatic carbocycles. The number of hydrogen-bond acceptors (Lipinski definition) is 2. The van der Waals surface area contributed by atoms with Gasteiger partial charge in [-0.1, -0.05) is 19.3 Å². The van der Waals surface area contributed by atoms with E-state index in [2.05, 4.69) is 15.9 Å². The van der Waals surface area contributed by atoms with Gasteiger partial charge in [-0.25, -0.2) is 4.39 Å². The van der Waals surface area contributed by atoms with E-state index in [1.165, 1.54) is 32.1 Å². The lowest BCUT2D eigenvalue weighted by atomic mass is 9.89. The molecular weight excluding hydrogens is 307 g/mol. The Morgan fingerprint density at radius 2 is 2.05 bits per heavy atom. The molecule has 0 bridgehead atoms. The van der Waals surface area contributed by atoms with Crippen molar-refractivity contribution in [1.82, 2.24) is 0 Å².